The van der Waals surface area contributed by atoms with Crippen LogP contribution in [0, 0.1) is 5.92 Å². The van der Waals surface area contributed by atoms with Crippen molar-refractivity contribution >= 4 is 11.6 Å². The average Bonchev–Trinajstić information content (AvgIpc) is 2.31. The molecule has 2 unspecified atom stereocenters. The molecular weight excluding hydrogens is 234 g/mol. The van der Waals surface area contributed by atoms with Crippen LogP contribution < -0.4 is 5.32 Å². The maximum Gasteiger partial charge on any atom is 0.0488 e. The Morgan fingerprint density at radius 1 is 1.35 bits per heavy atom. The van der Waals surface area contributed by atoms with Crippen molar-refractivity contribution in [3.8, 4) is 0 Å². The van der Waals surface area contributed by atoms with Crippen LogP contribution in [0.1, 0.15) is 18.9 Å². The minimum Gasteiger partial charge on any atom is -0.384 e. The van der Waals surface area contributed by atoms with Gasteiger partial charge in [-0.15, -0.1) is 0 Å². The smallest absolute Gasteiger partial charge is 0.0488 e. The Labute approximate surface area is 109 Å². The van der Waals surface area contributed by atoms with E-state index in [9.17, 15) is 0 Å². The molecule has 0 amide bonds. The largest absolute Gasteiger partial charge is 0.384 e. The minimum atomic E-state index is 0.444. The molecule has 0 bridgehead atoms. The summed E-state index contributed by atoms with van der Waals surface area (Å²) >= 11 is 6.17. The fourth-order valence-electron chi connectivity index (χ4n) is 2.07. The lowest BCUT2D eigenvalue weighted by atomic mass is 9.97. The highest BCUT2D eigenvalue weighted by molar-refractivity contribution is 6.31. The van der Waals surface area contributed by atoms with Gasteiger partial charge in [-0.25, -0.2) is 0 Å². The summed E-state index contributed by atoms with van der Waals surface area (Å²) in [7, 11) is 3.75. The lowest BCUT2D eigenvalue weighted by Crippen LogP contribution is -2.30. The van der Waals surface area contributed by atoms with Gasteiger partial charge in [0.25, 0.3) is 0 Å². The second-order valence-corrected chi connectivity index (χ2v) is 4.98. The van der Waals surface area contributed by atoms with Crippen molar-refractivity contribution in [1.82, 2.24) is 5.32 Å². The van der Waals surface area contributed by atoms with Crippen LogP contribution in [0.25, 0.3) is 0 Å². The van der Waals surface area contributed by atoms with Gasteiger partial charge in [-0.3, -0.25) is 0 Å². The van der Waals surface area contributed by atoms with Gasteiger partial charge >= 0.3 is 0 Å². The molecule has 0 aromatic heterocycles. The Bertz CT molecular complexity index is 330. The summed E-state index contributed by atoms with van der Waals surface area (Å²) in [5.41, 5.74) is 1.21. The Morgan fingerprint density at radius 2 is 2.06 bits per heavy atom. The summed E-state index contributed by atoms with van der Waals surface area (Å²) in [6, 6.07) is 8.48. The van der Waals surface area contributed by atoms with Crippen LogP contribution in [0.5, 0.6) is 0 Å². The van der Waals surface area contributed by atoms with Gasteiger partial charge in [-0.1, -0.05) is 36.7 Å². The van der Waals surface area contributed by atoms with E-state index in [1.165, 1.54) is 5.56 Å². The summed E-state index contributed by atoms with van der Waals surface area (Å²) in [5, 5.41) is 4.21. The summed E-state index contributed by atoms with van der Waals surface area (Å²) in [6.07, 6.45) is 2.06. The normalized spacial score (nSPS) is 14.6. The number of ether oxygens (including phenoxy) is 1. The fourth-order valence-corrected chi connectivity index (χ4v) is 2.28. The average molecular weight is 256 g/mol. The number of hydrogen-bond donors (Lipinski definition) is 1. The van der Waals surface area contributed by atoms with E-state index in [1.807, 2.05) is 25.2 Å². The van der Waals surface area contributed by atoms with E-state index >= 15 is 0 Å². The van der Waals surface area contributed by atoms with Gasteiger partial charge in [-0.05, 0) is 37.4 Å². The first-order valence-corrected chi connectivity index (χ1v) is 6.44. The molecule has 3 heteroatoms. The Morgan fingerprint density at radius 3 is 2.65 bits per heavy atom. The molecule has 0 heterocycles. The van der Waals surface area contributed by atoms with Crippen molar-refractivity contribution in [2.45, 2.75) is 25.8 Å². The third-order valence-electron chi connectivity index (χ3n) is 2.97. The molecule has 0 radical (unpaired) electrons. The van der Waals surface area contributed by atoms with Crippen LogP contribution in [0.4, 0.5) is 0 Å². The van der Waals surface area contributed by atoms with Crippen molar-refractivity contribution in [2.75, 3.05) is 20.8 Å². The van der Waals surface area contributed by atoms with Gasteiger partial charge in [-0.2, -0.15) is 0 Å². The standard InChI is InChI=1S/C14H22ClNO/c1-11(10-17-3)8-13(16-2)9-12-6-4-5-7-14(12)15/h4-7,11,13,16H,8-10H2,1-3H3. The van der Waals surface area contributed by atoms with Crippen molar-refractivity contribution in [3.63, 3.8) is 0 Å². The van der Waals surface area contributed by atoms with Gasteiger partial charge in [0, 0.05) is 24.8 Å². The predicted molar refractivity (Wildman–Crippen MR) is 73.7 cm³/mol. The molecule has 17 heavy (non-hydrogen) atoms. The molecule has 1 rings (SSSR count). The lowest BCUT2D eigenvalue weighted by molar-refractivity contribution is 0.150. The highest BCUT2D eigenvalue weighted by Gasteiger charge is 2.13. The van der Waals surface area contributed by atoms with Crippen LogP contribution in [0.3, 0.4) is 0 Å². The zero-order valence-corrected chi connectivity index (χ0v) is 11.6. The number of likely N-dealkylation sites (N-methyl/N-ethyl adjacent to an activating group) is 1. The van der Waals surface area contributed by atoms with Gasteiger partial charge in [0.2, 0.25) is 0 Å². The van der Waals surface area contributed by atoms with Crippen LogP contribution >= 0.6 is 11.6 Å². The number of rotatable bonds is 7. The van der Waals surface area contributed by atoms with Gasteiger partial charge in [0.1, 0.15) is 0 Å². The van der Waals surface area contributed by atoms with Crippen molar-refractivity contribution in [3.05, 3.63) is 34.9 Å². The van der Waals surface area contributed by atoms with E-state index < -0.39 is 0 Å². The van der Waals surface area contributed by atoms with Crippen molar-refractivity contribution in [1.29, 1.82) is 0 Å². The van der Waals surface area contributed by atoms with Crippen molar-refractivity contribution < 1.29 is 4.74 Å². The van der Waals surface area contributed by atoms with E-state index in [4.69, 9.17) is 16.3 Å². The summed E-state index contributed by atoms with van der Waals surface area (Å²) < 4.78 is 5.17. The zero-order valence-electron chi connectivity index (χ0n) is 10.9. The summed E-state index contributed by atoms with van der Waals surface area (Å²) in [5.74, 6) is 0.555. The predicted octanol–water partition coefficient (Wildman–Crippen LogP) is 3.14. The number of nitrogens with one attached hydrogen (secondary N) is 1. The van der Waals surface area contributed by atoms with Gasteiger partial charge in [0.05, 0.1) is 0 Å². The van der Waals surface area contributed by atoms with Crippen LogP contribution in [-0.2, 0) is 11.2 Å². The quantitative estimate of drug-likeness (QED) is 0.808. The fraction of sp³-hybridized carbons (Fsp3) is 0.571. The molecule has 0 saturated heterocycles. The Hall–Kier alpha value is -0.570. The van der Waals surface area contributed by atoms with E-state index in [0.29, 0.717) is 12.0 Å². The number of hydrogen-bond acceptors (Lipinski definition) is 2. The van der Waals surface area contributed by atoms with E-state index in [1.54, 1.807) is 7.11 Å². The molecule has 1 aromatic rings. The highest BCUT2D eigenvalue weighted by Crippen LogP contribution is 2.19. The van der Waals surface area contributed by atoms with Gasteiger partial charge in [0.15, 0.2) is 0 Å². The third kappa shape index (κ3) is 5.07. The molecule has 0 spiro atoms. The van der Waals surface area contributed by atoms with E-state index in [2.05, 4.69) is 18.3 Å². The van der Waals surface area contributed by atoms with Crippen molar-refractivity contribution in [2.24, 2.45) is 5.92 Å². The van der Waals surface area contributed by atoms with Crippen LogP contribution in [0.2, 0.25) is 5.02 Å². The monoisotopic (exact) mass is 255 g/mol. The molecular formula is C14H22ClNO. The van der Waals surface area contributed by atoms with Gasteiger partial charge < -0.3 is 10.1 Å². The van der Waals surface area contributed by atoms with Crippen LogP contribution in [0.15, 0.2) is 24.3 Å². The first-order chi connectivity index (χ1) is 8.17. The van der Waals surface area contributed by atoms with Crippen LogP contribution in [-0.4, -0.2) is 26.8 Å². The molecule has 1 N–H and O–H groups in total. The van der Waals surface area contributed by atoms with E-state index in [0.717, 1.165) is 24.5 Å². The molecule has 0 fully saturated rings. The second-order valence-electron chi connectivity index (χ2n) is 4.58. The molecule has 2 nitrogen and oxygen atoms in total. The first-order valence-electron chi connectivity index (χ1n) is 6.07. The minimum absolute atomic E-state index is 0.444. The summed E-state index contributed by atoms with van der Waals surface area (Å²) in [6.45, 7) is 3.02. The number of benzene rings is 1. The molecule has 0 saturated carbocycles. The zero-order chi connectivity index (χ0) is 12.7. The molecule has 0 aliphatic carbocycles. The maximum atomic E-state index is 6.17. The first kappa shape index (κ1) is 14.5. The highest BCUT2D eigenvalue weighted by atomic mass is 35.5. The maximum absolute atomic E-state index is 6.17. The molecule has 2 atom stereocenters. The Balaban J connectivity index is 2.55. The molecule has 0 aliphatic heterocycles. The van der Waals surface area contributed by atoms with E-state index in [-0.39, 0.29) is 0 Å². The lowest BCUT2D eigenvalue weighted by Gasteiger charge is -2.20. The third-order valence-corrected chi connectivity index (χ3v) is 3.34. The number of halogens is 1. The molecule has 96 valence electrons. The molecule has 0 aliphatic rings. The molecule has 1 aromatic carbocycles. The SMILES string of the molecule is CNC(Cc1ccccc1Cl)CC(C)COC. The number of methoxy groups -OCH3 is 1. The second kappa shape index (κ2) is 7.70. The Kier molecular flexibility index (Phi) is 6.56. The summed E-state index contributed by atoms with van der Waals surface area (Å²) in [4.78, 5) is 0. The topological polar surface area (TPSA) is 21.3 Å².